The van der Waals surface area contributed by atoms with Gasteiger partial charge in [-0.05, 0) is 52.4 Å². The number of hydrogen-bond acceptors (Lipinski definition) is 10. The summed E-state index contributed by atoms with van der Waals surface area (Å²) < 4.78 is 0. The van der Waals surface area contributed by atoms with Crippen LogP contribution in [0.15, 0.2) is 35.1 Å². The third-order valence-corrected chi connectivity index (χ3v) is 8.07. The molecule has 41 heavy (non-hydrogen) atoms. The van der Waals surface area contributed by atoms with Gasteiger partial charge in [-0.2, -0.15) is 0 Å². The maximum atomic E-state index is 14.0. The van der Waals surface area contributed by atoms with Crippen LogP contribution in [-0.4, -0.2) is 91.2 Å². The molecule has 8 N–H and O–H groups in total. The van der Waals surface area contributed by atoms with Gasteiger partial charge < -0.3 is 36.6 Å². The zero-order valence-electron chi connectivity index (χ0n) is 23.6. The molecule has 3 unspecified atom stereocenters. The van der Waals surface area contributed by atoms with Crippen molar-refractivity contribution in [1.82, 2.24) is 10.2 Å². The molecule has 0 spiro atoms. The van der Waals surface area contributed by atoms with Crippen molar-refractivity contribution in [2.45, 2.75) is 56.9 Å². The molecule has 4 rings (SSSR count). The quantitative estimate of drug-likeness (QED) is 0.196. The number of ketones is 2. The van der Waals surface area contributed by atoms with Crippen molar-refractivity contribution >= 4 is 35.2 Å². The van der Waals surface area contributed by atoms with Gasteiger partial charge in [-0.3, -0.25) is 24.1 Å². The average molecular weight is 570 g/mol. The Balaban J connectivity index is 1.92. The molecule has 0 aromatic heterocycles. The van der Waals surface area contributed by atoms with Crippen LogP contribution in [0.4, 0.5) is 0 Å². The average Bonchev–Trinajstić information content (AvgIpc) is 2.84. The van der Waals surface area contributed by atoms with E-state index in [0.29, 0.717) is 5.56 Å². The Morgan fingerprint density at radius 2 is 1.73 bits per heavy atom. The smallest absolute Gasteiger partial charge is 0.255 e. The second-order valence-corrected chi connectivity index (χ2v) is 12.1. The van der Waals surface area contributed by atoms with E-state index in [-0.39, 0.29) is 11.1 Å². The number of carbonyl (C=O) groups excluding carboxylic acids is 4. The maximum absolute atomic E-state index is 14.0. The number of hydrogen-bond donors (Lipinski definition) is 7. The minimum atomic E-state index is -2.98. The van der Waals surface area contributed by atoms with Crippen LogP contribution < -0.4 is 11.1 Å². The molecule has 6 atom stereocenters. The van der Waals surface area contributed by atoms with E-state index in [1.54, 1.807) is 33.8 Å². The Hall–Kier alpha value is -4.00. The molecule has 12 nitrogen and oxygen atoms in total. The molecule has 3 aliphatic carbocycles. The van der Waals surface area contributed by atoms with Crippen molar-refractivity contribution in [2.75, 3.05) is 14.1 Å². The Bertz CT molecular complexity index is 1470. The van der Waals surface area contributed by atoms with Gasteiger partial charge >= 0.3 is 0 Å². The summed E-state index contributed by atoms with van der Waals surface area (Å²) in [6.07, 6.45) is 0.853. The Morgan fingerprint density at radius 3 is 2.27 bits per heavy atom. The summed E-state index contributed by atoms with van der Waals surface area (Å²) in [6, 6.07) is 1.66. The van der Waals surface area contributed by atoms with Crippen molar-refractivity contribution in [3.05, 3.63) is 51.8 Å². The number of aromatic hydroxyl groups is 1. The van der Waals surface area contributed by atoms with Gasteiger partial charge in [-0.1, -0.05) is 19.1 Å². The molecule has 1 aromatic carbocycles. The number of rotatable bonds is 4. The first kappa shape index (κ1) is 30.0. The number of aliphatic hydroxyl groups excluding tert-OH is 3. The standard InChI is InChI=1S/C29H35N3O9/c1-11-13-9-7-12(8-10-14(33)31-28(2,3)4)21(34)16(13)22(35)17-15(11)23(36)19-20(32(5)6)24(37)18(27(30)40)26(39)29(19,41)25(17)38/h7-11,15,19-20,23,34-36,39,41H,1-6H3,(H2,30,40)(H,31,33)/b10-8-/t11-,15?,19?,20-,23?,29-/m0/s1. The van der Waals surface area contributed by atoms with E-state index in [9.17, 15) is 44.7 Å². The van der Waals surface area contributed by atoms with Crippen LogP contribution >= 0.6 is 0 Å². The first-order chi connectivity index (χ1) is 18.9. The number of nitrogens with one attached hydrogen (secondary N) is 1. The minimum absolute atomic E-state index is 0.140. The fraction of sp³-hybridized carbons (Fsp3) is 0.448. The van der Waals surface area contributed by atoms with Crippen LogP contribution in [0.5, 0.6) is 5.75 Å². The van der Waals surface area contributed by atoms with Crippen LogP contribution in [0, 0.1) is 11.8 Å². The van der Waals surface area contributed by atoms with E-state index in [2.05, 4.69) is 5.32 Å². The largest absolute Gasteiger partial charge is 0.508 e. The van der Waals surface area contributed by atoms with E-state index in [1.807, 2.05) is 0 Å². The fourth-order valence-electron chi connectivity index (χ4n) is 6.34. The zero-order valence-corrected chi connectivity index (χ0v) is 23.6. The molecule has 3 aliphatic rings. The zero-order chi connectivity index (χ0) is 30.9. The molecular formula is C29H35N3O9. The van der Waals surface area contributed by atoms with Crippen LogP contribution in [-0.2, 0) is 19.2 Å². The molecule has 12 heteroatoms. The van der Waals surface area contributed by atoms with Gasteiger partial charge in [0.25, 0.3) is 5.91 Å². The number of primary amides is 1. The van der Waals surface area contributed by atoms with Crippen molar-refractivity contribution in [3.63, 3.8) is 0 Å². The Kier molecular flexibility index (Phi) is 7.18. The topological polar surface area (TPSA) is 211 Å². The molecule has 0 radical (unpaired) electrons. The number of carbonyl (C=O) groups is 4. The summed E-state index contributed by atoms with van der Waals surface area (Å²) >= 11 is 0. The molecule has 2 amide bonds. The van der Waals surface area contributed by atoms with Crippen molar-refractivity contribution in [1.29, 1.82) is 0 Å². The molecule has 0 bridgehead atoms. The molecule has 1 fully saturated rings. The highest BCUT2D eigenvalue weighted by Gasteiger charge is 2.68. The lowest BCUT2D eigenvalue weighted by molar-refractivity contribution is -0.169. The number of nitrogens with two attached hydrogens (primary N) is 1. The highest BCUT2D eigenvalue weighted by atomic mass is 16.4. The normalized spacial score (nSPS) is 29.9. The number of Topliss-reactive ketones (excluding diaryl/α,β-unsaturated/α-hetero) is 2. The number of likely N-dealkylation sites (N-methyl/N-ethyl adjacent to an activating group) is 1. The van der Waals surface area contributed by atoms with Crippen LogP contribution in [0.25, 0.3) is 11.8 Å². The van der Waals surface area contributed by atoms with Crippen molar-refractivity contribution in [3.8, 4) is 5.75 Å². The van der Waals surface area contributed by atoms with E-state index >= 15 is 0 Å². The van der Waals surface area contributed by atoms with Crippen molar-refractivity contribution in [2.24, 2.45) is 17.6 Å². The first-order valence-electron chi connectivity index (χ1n) is 13.0. The monoisotopic (exact) mass is 569 g/mol. The fourth-order valence-corrected chi connectivity index (χ4v) is 6.34. The van der Waals surface area contributed by atoms with Crippen LogP contribution in [0.2, 0.25) is 0 Å². The second-order valence-electron chi connectivity index (χ2n) is 12.1. The van der Waals surface area contributed by atoms with Gasteiger partial charge in [-0.25, -0.2) is 0 Å². The first-order valence-corrected chi connectivity index (χ1v) is 13.0. The number of amides is 2. The summed E-state index contributed by atoms with van der Waals surface area (Å²) in [5, 5.41) is 59.6. The number of fused-ring (bicyclic) bond motifs is 3. The van der Waals surface area contributed by atoms with E-state index in [0.717, 1.165) is 0 Å². The maximum Gasteiger partial charge on any atom is 0.255 e. The SMILES string of the molecule is C[C@H]1c2ccc(/C=C\C(=O)NC(C)(C)C)c(O)c2C(O)=C2C(=O)[C@]3(O)C(O)=C(C(N)=O)C(=O)[C@@H](N(C)C)C3C(O)C21. The lowest BCUT2D eigenvalue weighted by Gasteiger charge is -2.53. The highest BCUT2D eigenvalue weighted by molar-refractivity contribution is 6.24. The highest BCUT2D eigenvalue weighted by Crippen LogP contribution is 2.56. The summed E-state index contributed by atoms with van der Waals surface area (Å²) in [5.74, 6) is -10.0. The number of phenols is 1. The van der Waals surface area contributed by atoms with Crippen molar-refractivity contribution < 1.29 is 44.7 Å². The van der Waals surface area contributed by atoms with E-state index < -0.39 is 92.8 Å². The number of phenolic OH excluding ortho intramolecular Hbond substituents is 1. The van der Waals surface area contributed by atoms with Crippen LogP contribution in [0.3, 0.4) is 0 Å². The summed E-state index contributed by atoms with van der Waals surface area (Å²) in [5.41, 5.74) is 0.725. The molecule has 0 saturated heterocycles. The molecule has 220 valence electrons. The molecule has 1 saturated carbocycles. The van der Waals surface area contributed by atoms with Gasteiger partial charge in [0.05, 0.1) is 23.6 Å². The predicted octanol–water partition coefficient (Wildman–Crippen LogP) is 0.424. The second kappa shape index (κ2) is 9.82. The molecule has 1 aromatic rings. The Morgan fingerprint density at radius 1 is 1.12 bits per heavy atom. The van der Waals surface area contributed by atoms with Gasteiger partial charge in [-0.15, -0.1) is 0 Å². The number of aliphatic hydroxyl groups is 4. The summed E-state index contributed by atoms with van der Waals surface area (Å²) in [7, 11) is 2.89. The van der Waals surface area contributed by atoms with E-state index in [1.165, 1.54) is 37.2 Å². The van der Waals surface area contributed by atoms with Gasteiger partial charge in [0, 0.05) is 28.7 Å². The summed E-state index contributed by atoms with van der Waals surface area (Å²) in [6.45, 7) is 7.04. The lowest BCUT2D eigenvalue weighted by atomic mass is 9.54. The summed E-state index contributed by atoms with van der Waals surface area (Å²) in [4.78, 5) is 52.9. The predicted molar refractivity (Wildman–Crippen MR) is 147 cm³/mol. The number of benzene rings is 1. The lowest BCUT2D eigenvalue weighted by Crippen LogP contribution is -2.70. The molecule has 0 aliphatic heterocycles. The van der Waals surface area contributed by atoms with Crippen LogP contribution in [0.1, 0.15) is 50.3 Å². The Labute approximate surface area is 236 Å². The van der Waals surface area contributed by atoms with Gasteiger partial charge in [0.15, 0.2) is 11.4 Å². The third kappa shape index (κ3) is 4.42. The van der Waals surface area contributed by atoms with Gasteiger partial charge in [0.1, 0.15) is 22.8 Å². The van der Waals surface area contributed by atoms with Gasteiger partial charge in [0.2, 0.25) is 11.7 Å². The molecule has 0 heterocycles. The molecular weight excluding hydrogens is 534 g/mol. The van der Waals surface area contributed by atoms with E-state index in [4.69, 9.17) is 5.73 Å². The third-order valence-electron chi connectivity index (χ3n) is 8.07. The minimum Gasteiger partial charge on any atom is -0.508 e. The number of nitrogens with zero attached hydrogens (tertiary/aromatic N) is 1.